The predicted molar refractivity (Wildman–Crippen MR) is 253 cm³/mol. The molecule has 0 aliphatic heterocycles. The van der Waals surface area contributed by atoms with Crippen molar-refractivity contribution >= 4 is 0 Å². The first-order valence-corrected chi connectivity index (χ1v) is 21.9. The lowest BCUT2D eigenvalue weighted by molar-refractivity contribution is 0.910. The Hall–Kier alpha value is -4.68. The molecule has 0 saturated carbocycles. The Bertz CT molecular complexity index is 2340. The molecule has 6 rings (SSSR count). The molecule has 0 aliphatic rings. The molecule has 0 heterocycles. The zero-order valence-corrected chi connectivity index (χ0v) is 38.0. The van der Waals surface area contributed by atoms with Gasteiger partial charge in [-0.3, -0.25) is 0 Å². The highest BCUT2D eigenvalue weighted by Gasteiger charge is 2.17. The molecule has 57 heavy (non-hydrogen) atoms. The van der Waals surface area contributed by atoms with Crippen LogP contribution in [-0.2, 0) is 25.7 Å². The van der Waals surface area contributed by atoms with Crippen molar-refractivity contribution < 1.29 is 0 Å². The van der Waals surface area contributed by atoms with Crippen molar-refractivity contribution in [3.63, 3.8) is 0 Å². The molecule has 6 aromatic rings. The molecular weight excluding hydrogens is 685 g/mol. The zero-order chi connectivity index (χ0) is 41.6. The van der Waals surface area contributed by atoms with Crippen molar-refractivity contribution in [3.8, 4) is 44.5 Å². The SMILES string of the molecule is CCCc1ccc(-c2ccc(-c3ccc(CC)c(C)c3C)c(C)c2C)c(C)c1C.CCCc1ccc(-c2ccc(-c3ccc(CCC)c(C)c3C)c(C)c2C)cc1. The summed E-state index contributed by atoms with van der Waals surface area (Å²) in [6, 6.07) is 32.4. The van der Waals surface area contributed by atoms with Gasteiger partial charge in [0.25, 0.3) is 0 Å². The van der Waals surface area contributed by atoms with Crippen molar-refractivity contribution in [3.05, 3.63) is 163 Å². The number of hydrogen-bond acceptors (Lipinski definition) is 0. The molecule has 0 aliphatic carbocycles. The first kappa shape index (κ1) is 43.4. The van der Waals surface area contributed by atoms with Gasteiger partial charge in [0.05, 0.1) is 0 Å². The molecule has 298 valence electrons. The van der Waals surface area contributed by atoms with E-state index in [0.717, 1.165) is 25.7 Å². The first-order valence-electron chi connectivity index (χ1n) is 21.9. The molecular formula is C57H70. The zero-order valence-electron chi connectivity index (χ0n) is 38.0. The van der Waals surface area contributed by atoms with Gasteiger partial charge in [-0.1, -0.05) is 132 Å². The predicted octanol–water partition coefficient (Wildman–Crippen LogP) is 16.5. The van der Waals surface area contributed by atoms with Gasteiger partial charge < -0.3 is 0 Å². The van der Waals surface area contributed by atoms with Gasteiger partial charge in [0.1, 0.15) is 0 Å². The van der Waals surface area contributed by atoms with Crippen LogP contribution < -0.4 is 0 Å². The van der Waals surface area contributed by atoms with E-state index in [1.54, 1.807) is 0 Å². The highest BCUT2D eigenvalue weighted by Crippen LogP contribution is 2.38. The molecule has 0 amide bonds. The number of rotatable bonds is 11. The highest BCUT2D eigenvalue weighted by atomic mass is 14.2. The van der Waals surface area contributed by atoms with Gasteiger partial charge in [0, 0.05) is 0 Å². The quantitative estimate of drug-likeness (QED) is 0.124. The van der Waals surface area contributed by atoms with Crippen LogP contribution in [0.15, 0.2) is 84.9 Å². The van der Waals surface area contributed by atoms with E-state index < -0.39 is 0 Å². The molecule has 6 aromatic carbocycles. The third kappa shape index (κ3) is 9.07. The fourth-order valence-corrected chi connectivity index (χ4v) is 8.94. The van der Waals surface area contributed by atoms with Gasteiger partial charge >= 0.3 is 0 Å². The van der Waals surface area contributed by atoms with Gasteiger partial charge in [-0.25, -0.2) is 0 Å². The fraction of sp³-hybridized carbons (Fsp3) is 0.368. The summed E-state index contributed by atoms with van der Waals surface area (Å²) in [4.78, 5) is 0. The summed E-state index contributed by atoms with van der Waals surface area (Å²) < 4.78 is 0. The van der Waals surface area contributed by atoms with E-state index in [2.05, 4.69) is 182 Å². The molecule has 0 heteroatoms. The molecule has 0 aromatic heterocycles. The smallest absolute Gasteiger partial charge is 0.0149 e. The standard InChI is InChI=1S/C29H36.C28H34/c1-9-11-25-13-15-27(21(6)19(25)4)29-17-16-28(22(7)23(29)8)26-14-12-24(10-2)18(3)20(26)5;1-7-9-23-11-13-25(14-12-23)26-17-18-28(22(6)21(26)5)27-16-15-24(10-8-2)19(3)20(27)4/h12-17H,9-11H2,1-8H3;11-18H,7-10H2,1-6H3. The summed E-state index contributed by atoms with van der Waals surface area (Å²) in [5, 5.41) is 0. The summed E-state index contributed by atoms with van der Waals surface area (Å²) in [5.74, 6) is 0. The largest absolute Gasteiger partial charge is 0.0651 e. The monoisotopic (exact) mass is 755 g/mol. The molecule has 0 spiro atoms. The van der Waals surface area contributed by atoms with Crippen molar-refractivity contribution in [1.29, 1.82) is 0 Å². The van der Waals surface area contributed by atoms with Crippen molar-refractivity contribution in [2.24, 2.45) is 0 Å². The lowest BCUT2D eigenvalue weighted by Crippen LogP contribution is -1.99. The second-order valence-corrected chi connectivity index (χ2v) is 16.7. The Labute approximate surface area is 347 Å². The fourth-order valence-electron chi connectivity index (χ4n) is 8.94. The summed E-state index contributed by atoms with van der Waals surface area (Å²) in [6.07, 6.45) is 8.17. The van der Waals surface area contributed by atoms with E-state index in [0.29, 0.717) is 0 Å². The summed E-state index contributed by atoms with van der Waals surface area (Å²) in [7, 11) is 0. The van der Waals surface area contributed by atoms with Crippen LogP contribution in [0.3, 0.4) is 0 Å². The van der Waals surface area contributed by atoms with Crippen LogP contribution in [0.5, 0.6) is 0 Å². The number of benzene rings is 6. The molecule has 0 radical (unpaired) electrons. The summed E-state index contributed by atoms with van der Waals surface area (Å²) >= 11 is 0. The third-order valence-corrected chi connectivity index (χ3v) is 13.4. The van der Waals surface area contributed by atoms with Gasteiger partial charge in [0.2, 0.25) is 0 Å². The van der Waals surface area contributed by atoms with E-state index in [1.165, 1.54) is 142 Å². The minimum atomic E-state index is 1.09. The van der Waals surface area contributed by atoms with E-state index in [1.807, 2.05) is 0 Å². The van der Waals surface area contributed by atoms with Crippen LogP contribution in [0, 0.1) is 69.2 Å². The third-order valence-electron chi connectivity index (χ3n) is 13.4. The van der Waals surface area contributed by atoms with E-state index in [-0.39, 0.29) is 0 Å². The molecule has 0 unspecified atom stereocenters. The Morgan fingerprint density at radius 2 is 0.544 bits per heavy atom. The average Bonchev–Trinajstić information content (AvgIpc) is 3.20. The van der Waals surface area contributed by atoms with Crippen LogP contribution in [0.4, 0.5) is 0 Å². The maximum absolute atomic E-state index is 2.33. The molecule has 0 fully saturated rings. The van der Waals surface area contributed by atoms with E-state index in [4.69, 9.17) is 0 Å². The maximum Gasteiger partial charge on any atom is -0.0149 e. The molecule has 0 N–H and O–H groups in total. The summed E-state index contributed by atoms with van der Waals surface area (Å²) in [6.45, 7) is 31.7. The Kier molecular flexibility index (Phi) is 14.6. The van der Waals surface area contributed by atoms with Crippen LogP contribution in [0.2, 0.25) is 0 Å². The minimum Gasteiger partial charge on any atom is -0.0651 e. The minimum absolute atomic E-state index is 1.09. The van der Waals surface area contributed by atoms with Crippen molar-refractivity contribution in [1.82, 2.24) is 0 Å². The van der Waals surface area contributed by atoms with E-state index >= 15 is 0 Å². The normalized spacial score (nSPS) is 11.1. The Balaban J connectivity index is 0.000000218. The van der Waals surface area contributed by atoms with Gasteiger partial charge in [-0.2, -0.15) is 0 Å². The lowest BCUT2D eigenvalue weighted by atomic mass is 9.85. The van der Waals surface area contributed by atoms with Crippen LogP contribution in [0.1, 0.15) is 125 Å². The molecule has 0 atom stereocenters. The average molecular weight is 755 g/mol. The first-order chi connectivity index (χ1) is 27.3. The Morgan fingerprint density at radius 1 is 0.263 bits per heavy atom. The van der Waals surface area contributed by atoms with E-state index in [9.17, 15) is 0 Å². The second-order valence-electron chi connectivity index (χ2n) is 16.7. The summed E-state index contributed by atoms with van der Waals surface area (Å²) in [5.41, 5.74) is 30.9. The van der Waals surface area contributed by atoms with Gasteiger partial charge in [-0.15, -0.1) is 0 Å². The van der Waals surface area contributed by atoms with Gasteiger partial charge in [0.15, 0.2) is 0 Å². The van der Waals surface area contributed by atoms with Crippen LogP contribution in [-0.4, -0.2) is 0 Å². The maximum atomic E-state index is 2.33. The van der Waals surface area contributed by atoms with Crippen molar-refractivity contribution in [2.75, 3.05) is 0 Å². The van der Waals surface area contributed by atoms with Crippen molar-refractivity contribution in [2.45, 2.75) is 142 Å². The lowest BCUT2D eigenvalue weighted by Gasteiger charge is -2.20. The molecule has 0 saturated heterocycles. The Morgan fingerprint density at radius 3 is 0.895 bits per heavy atom. The molecule has 0 bridgehead atoms. The molecule has 0 nitrogen and oxygen atoms in total. The number of aryl methyl sites for hydroxylation is 4. The van der Waals surface area contributed by atoms with Crippen LogP contribution >= 0.6 is 0 Å². The number of hydrogen-bond donors (Lipinski definition) is 0. The topological polar surface area (TPSA) is 0 Å². The van der Waals surface area contributed by atoms with Crippen LogP contribution in [0.25, 0.3) is 44.5 Å². The van der Waals surface area contributed by atoms with Gasteiger partial charge in [-0.05, 0) is 217 Å². The highest BCUT2D eigenvalue weighted by molar-refractivity contribution is 5.81. The second kappa shape index (κ2) is 19.2.